The Morgan fingerprint density at radius 2 is 1.93 bits per heavy atom. The Kier molecular flexibility index (Phi) is 8.14. The summed E-state index contributed by atoms with van der Waals surface area (Å²) in [5, 5.41) is 15.8. The van der Waals surface area contributed by atoms with Gasteiger partial charge in [0.1, 0.15) is 11.9 Å². The van der Waals surface area contributed by atoms with E-state index in [0.29, 0.717) is 0 Å². The average Bonchev–Trinajstić information content (AvgIpc) is 3.05. The van der Waals surface area contributed by atoms with Crippen LogP contribution in [-0.2, 0) is 18.3 Å². The average molecular weight is 448 g/mol. The monoisotopic (exact) mass is 447 g/mol. The van der Waals surface area contributed by atoms with E-state index in [1.165, 1.54) is 0 Å². The third-order valence-corrected chi connectivity index (χ3v) is 4.84. The smallest absolute Gasteiger partial charge is 0.489 e. The number of ether oxygens (including phenoxy) is 1. The molecular formula is C20H25ClF3N3O3. The molecule has 10 heteroatoms. The van der Waals surface area contributed by atoms with Crippen LogP contribution >= 0.6 is 11.6 Å². The number of carboxylic acids is 1. The topological polar surface area (TPSA) is 76.4 Å². The Bertz CT molecular complexity index is 878. The summed E-state index contributed by atoms with van der Waals surface area (Å²) in [7, 11) is 1.97. The van der Waals surface area contributed by atoms with E-state index in [9.17, 15) is 13.2 Å². The lowest BCUT2D eigenvalue weighted by molar-refractivity contribution is -0.192. The van der Waals surface area contributed by atoms with Crippen LogP contribution in [0.4, 0.5) is 13.2 Å². The van der Waals surface area contributed by atoms with Crippen LogP contribution in [0.25, 0.3) is 11.3 Å². The van der Waals surface area contributed by atoms with Crippen LogP contribution < -0.4 is 10.1 Å². The van der Waals surface area contributed by atoms with Crippen LogP contribution in [0.5, 0.6) is 5.75 Å². The van der Waals surface area contributed by atoms with Gasteiger partial charge in [-0.1, -0.05) is 18.5 Å². The zero-order chi connectivity index (χ0) is 22.5. The lowest BCUT2D eigenvalue weighted by Crippen LogP contribution is -2.34. The Labute approximate surface area is 178 Å². The Morgan fingerprint density at radius 3 is 2.43 bits per heavy atom. The predicted molar refractivity (Wildman–Crippen MR) is 108 cm³/mol. The minimum Gasteiger partial charge on any atom is -0.489 e. The molecule has 0 radical (unpaired) electrons. The molecule has 0 saturated carbocycles. The second-order valence-corrected chi connectivity index (χ2v) is 7.40. The largest absolute Gasteiger partial charge is 0.490 e. The zero-order valence-electron chi connectivity index (χ0n) is 17.0. The highest BCUT2D eigenvalue weighted by Crippen LogP contribution is 2.37. The summed E-state index contributed by atoms with van der Waals surface area (Å²) in [5.41, 5.74) is 4.23. The molecule has 0 unspecified atom stereocenters. The SMILES string of the molecule is CCc1cc(-c2cc(Cl)cc(C)c2OC2CCNCC2)n(C)n1.O=C(O)C(F)(F)F. The number of hydrogen-bond acceptors (Lipinski definition) is 4. The van der Waals surface area contributed by atoms with E-state index in [0.717, 1.165) is 65.6 Å². The first-order valence-electron chi connectivity index (χ1n) is 9.53. The van der Waals surface area contributed by atoms with Crippen molar-refractivity contribution in [3.63, 3.8) is 0 Å². The molecule has 1 saturated heterocycles. The van der Waals surface area contributed by atoms with Crippen LogP contribution in [0.1, 0.15) is 31.0 Å². The molecule has 2 aromatic rings. The maximum Gasteiger partial charge on any atom is 0.490 e. The standard InChI is InChI=1S/C18H24ClN3O.C2HF3O2/c1-4-14-11-17(22(3)21-14)16-10-13(19)9-12(2)18(16)23-15-5-7-20-8-6-15;3-2(4,5)1(6)7/h9-11,15,20H,4-8H2,1-3H3;(H,6,7). The number of aliphatic carboxylic acids is 1. The number of carboxylic acid groups (broad SMARTS) is 1. The molecule has 1 aromatic carbocycles. The summed E-state index contributed by atoms with van der Waals surface area (Å²) in [6, 6.07) is 6.08. The van der Waals surface area contributed by atoms with Crippen molar-refractivity contribution in [2.45, 2.75) is 45.4 Å². The van der Waals surface area contributed by atoms with Crippen molar-refractivity contribution in [3.05, 3.63) is 34.5 Å². The molecule has 6 nitrogen and oxygen atoms in total. The first kappa shape index (κ1) is 24.0. The number of benzene rings is 1. The number of nitrogens with one attached hydrogen (secondary N) is 1. The van der Waals surface area contributed by atoms with Gasteiger partial charge >= 0.3 is 12.1 Å². The molecule has 2 N–H and O–H groups in total. The van der Waals surface area contributed by atoms with Gasteiger partial charge in [0.05, 0.1) is 11.4 Å². The summed E-state index contributed by atoms with van der Waals surface area (Å²) >= 11 is 6.31. The molecule has 166 valence electrons. The summed E-state index contributed by atoms with van der Waals surface area (Å²) in [4.78, 5) is 8.90. The van der Waals surface area contributed by atoms with Gasteiger partial charge in [-0.3, -0.25) is 4.68 Å². The van der Waals surface area contributed by atoms with Gasteiger partial charge in [0, 0.05) is 17.6 Å². The van der Waals surface area contributed by atoms with Gasteiger partial charge in [-0.25, -0.2) is 4.79 Å². The molecule has 0 aliphatic carbocycles. The van der Waals surface area contributed by atoms with E-state index in [-0.39, 0.29) is 6.10 Å². The van der Waals surface area contributed by atoms with Crippen molar-refractivity contribution in [2.75, 3.05) is 13.1 Å². The second-order valence-electron chi connectivity index (χ2n) is 6.97. The molecule has 3 rings (SSSR count). The normalized spacial score (nSPS) is 14.8. The molecule has 0 bridgehead atoms. The van der Waals surface area contributed by atoms with Gasteiger partial charge in [0.25, 0.3) is 0 Å². The second kappa shape index (κ2) is 10.2. The summed E-state index contributed by atoms with van der Waals surface area (Å²) in [5.74, 6) is -1.82. The number of alkyl halides is 3. The lowest BCUT2D eigenvalue weighted by Gasteiger charge is -2.26. The van der Waals surface area contributed by atoms with E-state index >= 15 is 0 Å². The molecule has 30 heavy (non-hydrogen) atoms. The molecule has 1 fully saturated rings. The number of piperidine rings is 1. The third kappa shape index (κ3) is 6.37. The maximum atomic E-state index is 10.6. The number of carbonyl (C=O) groups is 1. The van der Waals surface area contributed by atoms with Crippen LogP contribution in [0, 0.1) is 6.92 Å². The van der Waals surface area contributed by atoms with E-state index in [4.69, 9.17) is 26.2 Å². The van der Waals surface area contributed by atoms with Crippen molar-refractivity contribution in [2.24, 2.45) is 7.05 Å². The third-order valence-electron chi connectivity index (χ3n) is 4.62. The van der Waals surface area contributed by atoms with Crippen molar-refractivity contribution < 1.29 is 27.8 Å². The first-order chi connectivity index (χ1) is 14.0. The Morgan fingerprint density at radius 1 is 1.33 bits per heavy atom. The fourth-order valence-corrected chi connectivity index (χ4v) is 3.38. The van der Waals surface area contributed by atoms with Gasteiger partial charge in [0.15, 0.2) is 0 Å². The van der Waals surface area contributed by atoms with Gasteiger partial charge in [-0.2, -0.15) is 18.3 Å². The molecule has 1 aliphatic heterocycles. The summed E-state index contributed by atoms with van der Waals surface area (Å²) < 4.78 is 40.0. The Balaban J connectivity index is 0.000000396. The van der Waals surface area contributed by atoms with Gasteiger partial charge < -0.3 is 15.2 Å². The van der Waals surface area contributed by atoms with Gasteiger partial charge in [-0.15, -0.1) is 0 Å². The van der Waals surface area contributed by atoms with E-state index in [2.05, 4.69) is 30.3 Å². The van der Waals surface area contributed by atoms with Gasteiger partial charge in [-0.05, 0) is 63.0 Å². The zero-order valence-corrected chi connectivity index (χ0v) is 17.8. The van der Waals surface area contributed by atoms with E-state index < -0.39 is 12.1 Å². The number of rotatable bonds is 4. The summed E-state index contributed by atoms with van der Waals surface area (Å²) in [6.07, 6.45) is -1.84. The minimum absolute atomic E-state index is 0.258. The molecule has 1 aliphatic rings. The summed E-state index contributed by atoms with van der Waals surface area (Å²) in [6.45, 7) is 6.20. The minimum atomic E-state index is -5.08. The molecule has 2 heterocycles. The van der Waals surface area contributed by atoms with Crippen molar-refractivity contribution in [1.82, 2.24) is 15.1 Å². The van der Waals surface area contributed by atoms with Crippen molar-refractivity contribution >= 4 is 17.6 Å². The molecule has 1 aromatic heterocycles. The number of halogens is 4. The quantitative estimate of drug-likeness (QED) is 0.727. The highest BCUT2D eigenvalue weighted by atomic mass is 35.5. The lowest BCUT2D eigenvalue weighted by atomic mass is 10.0. The fraction of sp³-hybridized carbons (Fsp3) is 0.500. The Hall–Kier alpha value is -2.26. The molecule has 0 atom stereocenters. The number of aromatic nitrogens is 2. The number of aryl methyl sites for hydroxylation is 3. The fourth-order valence-electron chi connectivity index (χ4n) is 3.11. The predicted octanol–water partition coefficient (Wildman–Crippen LogP) is 4.38. The highest BCUT2D eigenvalue weighted by molar-refractivity contribution is 6.31. The van der Waals surface area contributed by atoms with Crippen LogP contribution in [0.15, 0.2) is 18.2 Å². The van der Waals surface area contributed by atoms with Crippen LogP contribution in [-0.4, -0.2) is 46.2 Å². The maximum absolute atomic E-state index is 10.6. The van der Waals surface area contributed by atoms with E-state index in [1.807, 2.05) is 23.9 Å². The molecular weight excluding hydrogens is 423 g/mol. The van der Waals surface area contributed by atoms with E-state index in [1.54, 1.807) is 0 Å². The number of hydrogen-bond donors (Lipinski definition) is 2. The van der Waals surface area contributed by atoms with Gasteiger partial charge in [0.2, 0.25) is 0 Å². The first-order valence-corrected chi connectivity index (χ1v) is 9.91. The van der Waals surface area contributed by atoms with Crippen LogP contribution in [0.3, 0.4) is 0 Å². The van der Waals surface area contributed by atoms with Crippen molar-refractivity contribution in [3.8, 4) is 17.0 Å². The molecule has 0 amide bonds. The van der Waals surface area contributed by atoms with Crippen molar-refractivity contribution in [1.29, 1.82) is 0 Å². The molecule has 0 spiro atoms. The number of nitrogens with zero attached hydrogens (tertiary/aromatic N) is 2. The highest BCUT2D eigenvalue weighted by Gasteiger charge is 2.38. The van der Waals surface area contributed by atoms with Crippen LogP contribution in [0.2, 0.25) is 5.02 Å².